The molecule has 0 spiro atoms. The lowest BCUT2D eigenvalue weighted by Gasteiger charge is -2.39. The third kappa shape index (κ3) is 6.99. The molecule has 0 aromatic rings. The number of nitrogens with zero attached hydrogens (tertiary/aromatic N) is 1. The van der Waals surface area contributed by atoms with Crippen LogP contribution in [0.1, 0.15) is 84.0 Å². The Morgan fingerprint density at radius 2 is 1.68 bits per heavy atom. The van der Waals surface area contributed by atoms with Crippen LogP contribution >= 0.6 is 0 Å². The molecule has 3 rings (SSSR count). The van der Waals surface area contributed by atoms with Crippen molar-refractivity contribution in [1.29, 1.82) is 0 Å². The van der Waals surface area contributed by atoms with Crippen molar-refractivity contribution in [2.24, 2.45) is 0 Å². The number of piperazine rings is 1. The van der Waals surface area contributed by atoms with Gasteiger partial charge in [0.2, 0.25) is 11.7 Å². The van der Waals surface area contributed by atoms with Crippen LogP contribution < -0.4 is 20.7 Å². The zero-order valence-corrected chi connectivity index (χ0v) is 21.2. The molecule has 1 heterocycles. The average molecular weight is 500 g/mol. The van der Waals surface area contributed by atoms with Gasteiger partial charge in [0.25, 0.3) is 16.1 Å². The minimum atomic E-state index is -3.87. The Kier molecular flexibility index (Phi) is 9.87. The maximum atomic E-state index is 13.6. The van der Waals surface area contributed by atoms with Gasteiger partial charge >= 0.3 is 0 Å². The number of unbranched alkanes of at least 4 members (excludes halogenated alkanes) is 1. The van der Waals surface area contributed by atoms with Crippen LogP contribution in [0.5, 0.6) is 0 Å². The summed E-state index contributed by atoms with van der Waals surface area (Å²) in [6.45, 7) is 3.78. The molecule has 2 saturated carbocycles. The van der Waals surface area contributed by atoms with E-state index in [1.54, 1.807) is 0 Å². The summed E-state index contributed by atoms with van der Waals surface area (Å²) in [5, 5.41) is 8.73. The van der Waals surface area contributed by atoms with Crippen LogP contribution in [0, 0.1) is 0 Å². The third-order valence-electron chi connectivity index (χ3n) is 7.26. The van der Waals surface area contributed by atoms with Crippen molar-refractivity contribution in [1.82, 2.24) is 25.0 Å². The summed E-state index contributed by atoms with van der Waals surface area (Å²) in [6.07, 6.45) is 8.71. The van der Waals surface area contributed by atoms with Crippen molar-refractivity contribution in [2.75, 3.05) is 26.2 Å². The standard InChI is InChI=1S/C23H41N5O5S/c1-2-3-11-19(20(29)21(30)25-18-9-5-6-10-18)26-22(31)23(12-7-4-8-13-23)27-34(32,33)28-16-14-24-15-17-28/h18-19,24,27H,2-17H2,1H3,(H,25,30)(H,26,31)/t19-/m0/s1. The Bertz CT molecular complexity index is 816. The topological polar surface area (TPSA) is 137 Å². The van der Waals surface area contributed by atoms with Gasteiger partial charge in [-0.05, 0) is 32.1 Å². The smallest absolute Gasteiger partial charge is 0.289 e. The second-order valence-corrected chi connectivity index (χ2v) is 11.6. The van der Waals surface area contributed by atoms with Gasteiger partial charge in [0.1, 0.15) is 5.54 Å². The van der Waals surface area contributed by atoms with E-state index in [-0.39, 0.29) is 6.04 Å². The monoisotopic (exact) mass is 499 g/mol. The molecule has 3 fully saturated rings. The van der Waals surface area contributed by atoms with E-state index in [2.05, 4.69) is 20.7 Å². The first-order valence-corrected chi connectivity index (χ1v) is 14.4. The van der Waals surface area contributed by atoms with E-state index in [9.17, 15) is 22.8 Å². The lowest BCUT2D eigenvalue weighted by Crippen LogP contribution is -2.65. The summed E-state index contributed by atoms with van der Waals surface area (Å²) in [7, 11) is -3.87. The van der Waals surface area contributed by atoms with E-state index in [4.69, 9.17) is 0 Å². The van der Waals surface area contributed by atoms with E-state index in [0.717, 1.165) is 38.5 Å². The SMILES string of the molecule is CCCC[C@H](NC(=O)C1(NS(=O)(=O)N2CCNCC2)CCCCC1)C(=O)C(=O)NC1CCCC1. The number of hydrogen-bond donors (Lipinski definition) is 4. The number of hydrogen-bond acceptors (Lipinski definition) is 6. The van der Waals surface area contributed by atoms with Crippen LogP contribution in [0.3, 0.4) is 0 Å². The van der Waals surface area contributed by atoms with E-state index in [1.807, 2.05) is 6.92 Å². The fourth-order valence-corrected chi connectivity index (χ4v) is 6.77. The molecule has 10 nitrogen and oxygen atoms in total. The first kappa shape index (κ1) is 27.0. The molecule has 0 radical (unpaired) electrons. The first-order chi connectivity index (χ1) is 16.3. The van der Waals surface area contributed by atoms with Crippen molar-refractivity contribution in [3.8, 4) is 0 Å². The second kappa shape index (κ2) is 12.4. The molecular weight excluding hydrogens is 458 g/mol. The number of rotatable bonds is 11. The molecule has 0 bridgehead atoms. The highest BCUT2D eigenvalue weighted by Gasteiger charge is 2.45. The summed E-state index contributed by atoms with van der Waals surface area (Å²) in [5.74, 6) is -1.81. The maximum Gasteiger partial charge on any atom is 0.289 e. The van der Waals surface area contributed by atoms with Gasteiger partial charge in [0.15, 0.2) is 0 Å². The lowest BCUT2D eigenvalue weighted by molar-refractivity contribution is -0.141. The van der Waals surface area contributed by atoms with Crippen molar-refractivity contribution >= 4 is 27.8 Å². The molecule has 194 valence electrons. The Hall–Kier alpha value is -1.56. The zero-order valence-electron chi connectivity index (χ0n) is 20.4. The van der Waals surface area contributed by atoms with Gasteiger partial charge in [-0.1, -0.05) is 51.9 Å². The average Bonchev–Trinajstić information content (AvgIpc) is 3.35. The molecule has 34 heavy (non-hydrogen) atoms. The second-order valence-electron chi connectivity index (χ2n) is 9.89. The highest BCUT2D eigenvalue weighted by atomic mass is 32.2. The number of ketones is 1. The molecule has 0 unspecified atom stereocenters. The molecular formula is C23H41N5O5S. The zero-order chi connectivity index (χ0) is 24.6. The summed E-state index contributed by atoms with van der Waals surface area (Å²) < 4.78 is 30.3. The molecule has 0 aromatic carbocycles. The Labute approximate surface area is 203 Å². The number of Topliss-reactive ketones (excluding diaryl/α,β-unsaturated/α-hetero) is 1. The number of amides is 2. The molecule has 2 amide bonds. The lowest BCUT2D eigenvalue weighted by atomic mass is 9.81. The quantitative estimate of drug-likeness (QED) is 0.310. The van der Waals surface area contributed by atoms with Gasteiger partial charge in [0.05, 0.1) is 6.04 Å². The van der Waals surface area contributed by atoms with Crippen LogP contribution in [0.2, 0.25) is 0 Å². The van der Waals surface area contributed by atoms with Gasteiger partial charge in [-0.3, -0.25) is 14.4 Å². The molecule has 0 aromatic heterocycles. The van der Waals surface area contributed by atoms with Crippen molar-refractivity contribution in [3.63, 3.8) is 0 Å². The van der Waals surface area contributed by atoms with Gasteiger partial charge in [-0.25, -0.2) is 0 Å². The van der Waals surface area contributed by atoms with E-state index in [0.29, 0.717) is 64.7 Å². The van der Waals surface area contributed by atoms with Crippen LogP contribution in [0.25, 0.3) is 0 Å². The van der Waals surface area contributed by atoms with Crippen molar-refractivity contribution < 1.29 is 22.8 Å². The highest BCUT2D eigenvalue weighted by Crippen LogP contribution is 2.30. The fourth-order valence-electron chi connectivity index (χ4n) is 5.19. The van der Waals surface area contributed by atoms with Crippen LogP contribution in [0.15, 0.2) is 0 Å². The summed E-state index contributed by atoms with van der Waals surface area (Å²) in [6, 6.07) is -0.953. The predicted octanol–water partition coefficient (Wildman–Crippen LogP) is 0.732. The molecule has 2 aliphatic carbocycles. The number of carbonyl (C=O) groups is 3. The summed E-state index contributed by atoms with van der Waals surface area (Å²) in [5.41, 5.74) is -1.31. The molecule has 1 saturated heterocycles. The van der Waals surface area contributed by atoms with E-state index in [1.165, 1.54) is 4.31 Å². The molecule has 11 heteroatoms. The minimum Gasteiger partial charge on any atom is -0.347 e. The summed E-state index contributed by atoms with van der Waals surface area (Å²) in [4.78, 5) is 39.2. The van der Waals surface area contributed by atoms with Gasteiger partial charge in [-0.15, -0.1) is 0 Å². The van der Waals surface area contributed by atoms with Crippen LogP contribution in [-0.2, 0) is 24.6 Å². The number of nitrogens with one attached hydrogen (secondary N) is 4. The van der Waals surface area contributed by atoms with Crippen LogP contribution in [0.4, 0.5) is 0 Å². The number of carbonyl (C=O) groups excluding carboxylic acids is 3. The van der Waals surface area contributed by atoms with E-state index < -0.39 is 39.4 Å². The van der Waals surface area contributed by atoms with Crippen molar-refractivity contribution in [2.45, 2.75) is 102 Å². The Balaban J connectivity index is 1.73. The molecule has 4 N–H and O–H groups in total. The van der Waals surface area contributed by atoms with Crippen LogP contribution in [-0.4, -0.2) is 74.1 Å². The summed E-state index contributed by atoms with van der Waals surface area (Å²) >= 11 is 0. The van der Waals surface area contributed by atoms with Gasteiger partial charge in [0, 0.05) is 32.2 Å². The first-order valence-electron chi connectivity index (χ1n) is 12.9. The Morgan fingerprint density at radius 3 is 2.29 bits per heavy atom. The predicted molar refractivity (Wildman–Crippen MR) is 129 cm³/mol. The maximum absolute atomic E-state index is 13.6. The van der Waals surface area contributed by atoms with Gasteiger partial charge in [-0.2, -0.15) is 17.4 Å². The third-order valence-corrected chi connectivity index (χ3v) is 8.96. The minimum absolute atomic E-state index is 0.00880. The van der Waals surface area contributed by atoms with Gasteiger partial charge < -0.3 is 16.0 Å². The van der Waals surface area contributed by atoms with E-state index >= 15 is 0 Å². The fraction of sp³-hybridized carbons (Fsp3) is 0.870. The highest BCUT2D eigenvalue weighted by molar-refractivity contribution is 7.87. The molecule has 1 aliphatic heterocycles. The molecule has 1 atom stereocenters. The normalized spacial score (nSPS) is 22.7. The molecule has 3 aliphatic rings. The Morgan fingerprint density at radius 1 is 1.03 bits per heavy atom. The largest absolute Gasteiger partial charge is 0.347 e. The van der Waals surface area contributed by atoms with Crippen molar-refractivity contribution in [3.05, 3.63) is 0 Å².